The minimum atomic E-state index is -3.59. The van der Waals surface area contributed by atoms with Crippen molar-refractivity contribution in [1.82, 2.24) is 49.8 Å². The molecule has 0 spiro atoms. The highest BCUT2D eigenvalue weighted by Gasteiger charge is 2.23. The fraction of sp³-hybridized carbons (Fsp3) is 0.136. The molecule has 0 aliphatic carbocycles. The second-order valence-corrected chi connectivity index (χ2v) is 30.8. The number of pyridine rings is 3. The average molecular weight is 1600 g/mol. The molecular weight excluding hydrogens is 1540 g/mol. The molecule has 27 nitrogen and oxygen atoms in total. The van der Waals surface area contributed by atoms with Gasteiger partial charge in [-0.25, -0.2) is 45.2 Å². The number of para-hydroxylation sites is 3. The number of nitrogen functional groups attached to an aromatic ring is 2. The van der Waals surface area contributed by atoms with Gasteiger partial charge < -0.3 is 39.5 Å². The Morgan fingerprint density at radius 3 is 1.14 bits per heavy atom. The topological polar surface area (TPSA) is 438 Å². The fourth-order valence-corrected chi connectivity index (χ4v) is 12.3. The molecule has 0 fully saturated rings. The monoisotopic (exact) mass is 1600 g/mol. The number of benzene rings is 6. The fourth-order valence-electron chi connectivity index (χ4n) is 9.96. The molecule has 3 atom stereocenters. The molecule has 0 saturated heterocycles. The SMILES string of the molecule is CS(=O)(=O)Cl.C[C@H](N)c1cc2cccc(Cl)c2c(=O)n1-c1ccccc1.C[C@H](Nc1nc(Cl)ncc1NS(C)(=O)=O)c1cc2cccc(Cl)c2c(=O)n1-c1ccccc1.C[C@H](Nc1nc(N)ncc1NS(C)(=O)=O)c1cc2cccc(Cl)c2c(=O)n1-c1ccccc1.N.Nc1ncc(Cl)nc1Cl.O. The lowest BCUT2D eigenvalue weighted by Crippen LogP contribution is -2.26. The van der Waals surface area contributed by atoms with E-state index in [0.717, 1.165) is 35.5 Å². The number of nitrogens with one attached hydrogen (secondary N) is 4. The van der Waals surface area contributed by atoms with Crippen LogP contribution in [0.2, 0.25) is 30.7 Å². The van der Waals surface area contributed by atoms with Gasteiger partial charge in [-0.05, 0) is 121 Å². The molecule has 37 heteroatoms. The first-order valence-electron chi connectivity index (χ1n) is 29.5. The van der Waals surface area contributed by atoms with Crippen LogP contribution in [0.3, 0.4) is 0 Å². The molecule has 0 bridgehead atoms. The van der Waals surface area contributed by atoms with Crippen LogP contribution in [0.1, 0.15) is 56.0 Å². The summed E-state index contributed by atoms with van der Waals surface area (Å²) in [6.45, 7) is 5.52. The first-order valence-corrected chi connectivity index (χ1v) is 38.2. The number of sulfonamides is 2. The van der Waals surface area contributed by atoms with Crippen LogP contribution < -0.4 is 60.1 Å². The largest absolute Gasteiger partial charge is 0.412 e. The number of nitrogens with two attached hydrogens (primary N) is 3. The molecule has 6 aromatic carbocycles. The van der Waals surface area contributed by atoms with Gasteiger partial charge >= 0.3 is 0 Å². The van der Waals surface area contributed by atoms with Gasteiger partial charge in [0.25, 0.3) is 16.7 Å². The van der Waals surface area contributed by atoms with E-state index >= 15 is 0 Å². The van der Waals surface area contributed by atoms with Gasteiger partial charge in [0.1, 0.15) is 16.5 Å². The van der Waals surface area contributed by atoms with Gasteiger partial charge in [0.2, 0.25) is 40.3 Å². The van der Waals surface area contributed by atoms with Crippen molar-refractivity contribution in [3.05, 3.63) is 261 Å². The van der Waals surface area contributed by atoms with Gasteiger partial charge in [-0.1, -0.05) is 149 Å². The van der Waals surface area contributed by atoms with Crippen LogP contribution in [0.5, 0.6) is 0 Å². The molecule has 0 aliphatic heterocycles. The molecule has 6 aromatic heterocycles. The zero-order chi connectivity index (χ0) is 73.8. The van der Waals surface area contributed by atoms with Gasteiger partial charge in [0.15, 0.2) is 22.6 Å². The van der Waals surface area contributed by atoms with Crippen molar-refractivity contribution in [3.63, 3.8) is 0 Å². The summed E-state index contributed by atoms with van der Waals surface area (Å²) < 4.78 is 75.4. The summed E-state index contributed by atoms with van der Waals surface area (Å²) in [5, 5.41) is 11.3. The van der Waals surface area contributed by atoms with Crippen LogP contribution >= 0.6 is 80.3 Å². The lowest BCUT2D eigenvalue weighted by Gasteiger charge is -2.22. The highest BCUT2D eigenvalue weighted by atomic mass is 35.7. The van der Waals surface area contributed by atoms with Gasteiger partial charge in [-0.2, -0.15) is 9.97 Å². The Kier molecular flexibility index (Phi) is 28.7. The third kappa shape index (κ3) is 22.1. The predicted octanol–water partition coefficient (Wildman–Crippen LogP) is 12.7. The van der Waals surface area contributed by atoms with Crippen molar-refractivity contribution < 1.29 is 30.7 Å². The minimum absolute atomic E-state index is 0. The standard InChI is InChI=1S/C22H19Cl2N5O3S.C22H21ClN6O3S.C17H15ClN2O.C4H3Cl2N3.CH3ClO2S.H3N.H2O/c2*1-13(26-20-17(28-33(2,31)32)12-25-22(24)27-20)18-11-14-7-6-10-16(23)19(14)21(30)29(18)15-8-4-3-5-9-15;1-11(19)15-10-12-6-5-9-14(18)16(12)17(21)20(15)13-7-3-2-4-8-13;5-2-1-8-4(7)3(6)9-2;1-5(2,3)4;;/h3-13,28H,1-2H3,(H,25,26,27);3-13,28H,1-2H3,(H3,24,25,26,27);2-11H,19H2,1H3;1H,(H2,7,8);1H3;1H3;1H2/t2*13-;11-;;;;/m000..../s1. The maximum atomic E-state index is 13.5. The van der Waals surface area contributed by atoms with Crippen molar-refractivity contribution >= 4 is 176 Å². The van der Waals surface area contributed by atoms with Crippen molar-refractivity contribution in [2.45, 2.75) is 38.9 Å². The van der Waals surface area contributed by atoms with E-state index in [1.807, 2.05) is 154 Å². The summed E-state index contributed by atoms with van der Waals surface area (Å²) in [6.07, 6.45) is 6.86. The number of fused-ring (bicyclic) bond motifs is 3. The maximum absolute atomic E-state index is 13.5. The second kappa shape index (κ2) is 35.8. The minimum Gasteiger partial charge on any atom is -0.412 e. The van der Waals surface area contributed by atoms with Gasteiger partial charge in [0.05, 0.1) is 80.7 Å². The molecule has 12 rings (SSSR count). The Labute approximate surface area is 625 Å². The van der Waals surface area contributed by atoms with Gasteiger partial charge in [-0.15, -0.1) is 0 Å². The van der Waals surface area contributed by atoms with Crippen LogP contribution in [0.4, 0.5) is 34.8 Å². The highest BCUT2D eigenvalue weighted by Crippen LogP contribution is 2.33. The molecule has 6 heterocycles. The van der Waals surface area contributed by atoms with E-state index in [9.17, 15) is 39.6 Å². The Balaban J connectivity index is 0.000000223. The summed E-state index contributed by atoms with van der Waals surface area (Å²) in [5.74, 6) is 0.514. The van der Waals surface area contributed by atoms with Crippen LogP contribution in [-0.2, 0) is 29.1 Å². The van der Waals surface area contributed by atoms with Crippen LogP contribution in [0, 0.1) is 0 Å². The quantitative estimate of drug-likeness (QED) is 0.0370. The summed E-state index contributed by atoms with van der Waals surface area (Å²) in [4.78, 5) is 63.2. The number of hydrogen-bond acceptors (Lipinski definition) is 21. The average Bonchev–Trinajstić information content (AvgIpc) is 0.775. The van der Waals surface area contributed by atoms with E-state index in [4.69, 9.17) is 86.8 Å². The Hall–Kier alpha value is -9.25. The number of anilines is 6. The third-order valence-electron chi connectivity index (χ3n) is 14.1. The van der Waals surface area contributed by atoms with Crippen LogP contribution in [0.25, 0.3) is 49.4 Å². The molecule has 0 unspecified atom stereocenters. The van der Waals surface area contributed by atoms with Crippen molar-refractivity contribution in [1.29, 1.82) is 0 Å². The number of rotatable bonds is 14. The number of nitrogens with zero attached hydrogens (tertiary/aromatic N) is 9. The lowest BCUT2D eigenvalue weighted by molar-refractivity contribution is 0.605. The molecule has 542 valence electrons. The van der Waals surface area contributed by atoms with Crippen LogP contribution in [-0.4, -0.2) is 93.1 Å². The molecule has 15 N–H and O–H groups in total. The van der Waals surface area contributed by atoms with E-state index < -0.39 is 41.2 Å². The summed E-state index contributed by atoms with van der Waals surface area (Å²) in [7, 11) is -5.86. The van der Waals surface area contributed by atoms with Crippen LogP contribution in [0.15, 0.2) is 197 Å². The Morgan fingerprint density at radius 2 is 0.796 bits per heavy atom. The van der Waals surface area contributed by atoms with E-state index in [1.165, 1.54) is 18.6 Å². The van der Waals surface area contributed by atoms with E-state index in [0.29, 0.717) is 64.8 Å². The zero-order valence-corrected chi connectivity index (χ0v) is 62.8. The summed E-state index contributed by atoms with van der Waals surface area (Å²) in [6, 6.07) is 48.2. The van der Waals surface area contributed by atoms with Crippen molar-refractivity contribution in [3.8, 4) is 17.1 Å². The van der Waals surface area contributed by atoms with E-state index in [2.05, 4.69) is 60.7 Å². The van der Waals surface area contributed by atoms with Gasteiger partial charge in [-0.3, -0.25) is 37.5 Å². The molecule has 0 radical (unpaired) electrons. The van der Waals surface area contributed by atoms with E-state index in [1.54, 1.807) is 44.0 Å². The van der Waals surface area contributed by atoms with Crippen molar-refractivity contribution in [2.24, 2.45) is 5.73 Å². The van der Waals surface area contributed by atoms with E-state index in [-0.39, 0.29) is 84.7 Å². The molecule has 12 aromatic rings. The smallest absolute Gasteiger partial charge is 0.264 e. The number of aromatic nitrogens is 9. The molecule has 0 amide bonds. The Bertz CT molecular complexity index is 5350. The molecule has 103 heavy (non-hydrogen) atoms. The maximum Gasteiger partial charge on any atom is 0.264 e. The number of halogens is 7. The zero-order valence-electron chi connectivity index (χ0n) is 55.1. The highest BCUT2D eigenvalue weighted by molar-refractivity contribution is 8.13. The lowest BCUT2D eigenvalue weighted by atomic mass is 10.1. The summed E-state index contributed by atoms with van der Waals surface area (Å²) >= 11 is 35.7. The number of hydrogen-bond donors (Lipinski definition) is 8. The summed E-state index contributed by atoms with van der Waals surface area (Å²) in [5.41, 5.74) is 20.7. The van der Waals surface area contributed by atoms with Gasteiger partial charge in [0, 0.05) is 50.9 Å². The first kappa shape index (κ1) is 82.7. The molecule has 0 saturated carbocycles. The Morgan fingerprint density at radius 1 is 0.456 bits per heavy atom. The first-order chi connectivity index (χ1) is 47.6. The second-order valence-electron chi connectivity index (χ2n) is 22.0. The third-order valence-corrected chi connectivity index (χ3v) is 16.8. The predicted molar refractivity (Wildman–Crippen MR) is 417 cm³/mol. The normalized spacial score (nSPS) is 11.9. The molecule has 0 aliphatic rings. The van der Waals surface area contributed by atoms with Crippen molar-refractivity contribution in [2.75, 3.05) is 50.3 Å². The molecular formula is C66H66Cl7N17O10S3.